The number of piperazine rings is 1. The first-order chi connectivity index (χ1) is 17.1. The van der Waals surface area contributed by atoms with Gasteiger partial charge in [0, 0.05) is 49.9 Å². The fraction of sp³-hybridized carbons (Fsp3) is 0.346. The molecule has 2 amide bonds. The van der Waals surface area contributed by atoms with Crippen LogP contribution in [0.5, 0.6) is 0 Å². The van der Waals surface area contributed by atoms with Crippen molar-refractivity contribution in [1.82, 2.24) is 24.5 Å². The van der Waals surface area contributed by atoms with Gasteiger partial charge in [0.1, 0.15) is 5.69 Å². The first-order valence-electron chi connectivity index (χ1n) is 11.9. The van der Waals surface area contributed by atoms with Gasteiger partial charge in [0.05, 0.1) is 31.1 Å². The van der Waals surface area contributed by atoms with Gasteiger partial charge < -0.3 is 14.5 Å². The van der Waals surface area contributed by atoms with Gasteiger partial charge in [0.15, 0.2) is 0 Å². The second kappa shape index (κ2) is 10.6. The van der Waals surface area contributed by atoms with Gasteiger partial charge in [-0.2, -0.15) is 5.10 Å². The molecule has 0 bridgehead atoms. The molecule has 2 aromatic carbocycles. The number of para-hydroxylation sites is 1. The molecule has 3 aromatic rings. The maximum absolute atomic E-state index is 13.6. The minimum absolute atomic E-state index is 0.0688. The predicted octanol–water partition coefficient (Wildman–Crippen LogP) is 2.81. The number of benzene rings is 2. The molecule has 0 spiro atoms. The summed E-state index contributed by atoms with van der Waals surface area (Å²) in [5.74, 6) is 0.0589. The molecule has 3 heterocycles. The Balaban J connectivity index is 1.30. The van der Waals surface area contributed by atoms with Crippen LogP contribution in [0, 0.1) is 0 Å². The summed E-state index contributed by atoms with van der Waals surface area (Å²) in [6.07, 6.45) is 0. The van der Waals surface area contributed by atoms with Crippen LogP contribution < -0.4 is 0 Å². The van der Waals surface area contributed by atoms with E-state index in [1.807, 2.05) is 70.5 Å². The van der Waals surface area contributed by atoms with E-state index in [1.165, 1.54) is 0 Å². The molecule has 0 N–H and O–H groups in total. The summed E-state index contributed by atoms with van der Waals surface area (Å²) >= 11 is 6.05. The third kappa shape index (κ3) is 5.40. The van der Waals surface area contributed by atoms with Crippen molar-refractivity contribution in [2.75, 3.05) is 59.0 Å². The quantitative estimate of drug-likeness (QED) is 0.546. The maximum Gasteiger partial charge on any atom is 0.272 e. The maximum atomic E-state index is 13.6. The smallest absolute Gasteiger partial charge is 0.272 e. The van der Waals surface area contributed by atoms with Crippen LogP contribution in [0.1, 0.15) is 10.5 Å². The van der Waals surface area contributed by atoms with E-state index < -0.39 is 0 Å². The minimum Gasteiger partial charge on any atom is -0.378 e. The zero-order valence-electron chi connectivity index (χ0n) is 19.5. The molecule has 0 aliphatic carbocycles. The number of hydrogen-bond acceptors (Lipinski definition) is 5. The summed E-state index contributed by atoms with van der Waals surface area (Å²) in [5.41, 5.74) is 2.94. The highest BCUT2D eigenvalue weighted by Crippen LogP contribution is 2.24. The summed E-state index contributed by atoms with van der Waals surface area (Å²) in [6, 6.07) is 18.9. The SMILES string of the molecule is O=C(CN1CCN(C(=O)c2cc(-c3ccc(Cl)cc3)nn2-c2ccccc2)CC1)N1CCOCC1. The van der Waals surface area contributed by atoms with Crippen LogP contribution in [-0.2, 0) is 9.53 Å². The second-order valence-electron chi connectivity index (χ2n) is 8.73. The number of hydrogen-bond donors (Lipinski definition) is 0. The lowest BCUT2D eigenvalue weighted by atomic mass is 10.1. The largest absolute Gasteiger partial charge is 0.378 e. The van der Waals surface area contributed by atoms with Gasteiger partial charge >= 0.3 is 0 Å². The van der Waals surface area contributed by atoms with Crippen molar-refractivity contribution < 1.29 is 14.3 Å². The van der Waals surface area contributed by atoms with Crippen LogP contribution in [0.4, 0.5) is 0 Å². The molecule has 8 nitrogen and oxygen atoms in total. The van der Waals surface area contributed by atoms with E-state index in [0.29, 0.717) is 75.4 Å². The molecule has 35 heavy (non-hydrogen) atoms. The number of aromatic nitrogens is 2. The van der Waals surface area contributed by atoms with Crippen molar-refractivity contribution >= 4 is 23.4 Å². The van der Waals surface area contributed by atoms with Crippen LogP contribution in [0.2, 0.25) is 5.02 Å². The molecule has 2 saturated heterocycles. The summed E-state index contributed by atoms with van der Waals surface area (Å²) in [7, 11) is 0. The number of carbonyl (C=O) groups excluding carboxylic acids is 2. The number of halogens is 1. The Labute approximate surface area is 209 Å². The number of ether oxygens (including phenoxy) is 1. The standard InChI is InChI=1S/C26H28ClN5O3/c27-21-8-6-20(7-9-21)23-18-24(32(28-23)22-4-2-1-3-5-22)26(34)31-12-10-29(11-13-31)19-25(33)30-14-16-35-17-15-30/h1-9,18H,10-17,19H2. The summed E-state index contributed by atoms with van der Waals surface area (Å²) in [6.45, 7) is 5.31. The van der Waals surface area contributed by atoms with Gasteiger partial charge in [-0.3, -0.25) is 14.5 Å². The molecule has 0 radical (unpaired) electrons. The molecule has 2 aliphatic rings. The van der Waals surface area contributed by atoms with E-state index >= 15 is 0 Å². The molecule has 5 rings (SSSR count). The van der Waals surface area contributed by atoms with Crippen molar-refractivity contribution in [3.63, 3.8) is 0 Å². The lowest BCUT2D eigenvalue weighted by Crippen LogP contribution is -2.52. The van der Waals surface area contributed by atoms with Gasteiger partial charge in [-0.05, 0) is 30.3 Å². The summed E-state index contributed by atoms with van der Waals surface area (Å²) < 4.78 is 7.04. The molecular formula is C26H28ClN5O3. The normalized spacial score (nSPS) is 16.9. The van der Waals surface area contributed by atoms with Crippen LogP contribution in [0.25, 0.3) is 16.9 Å². The third-order valence-corrected chi connectivity index (χ3v) is 6.70. The molecular weight excluding hydrogens is 466 g/mol. The highest BCUT2D eigenvalue weighted by atomic mass is 35.5. The van der Waals surface area contributed by atoms with Gasteiger partial charge in [-0.1, -0.05) is 41.9 Å². The van der Waals surface area contributed by atoms with Crippen molar-refractivity contribution in [1.29, 1.82) is 0 Å². The van der Waals surface area contributed by atoms with Crippen molar-refractivity contribution in [2.24, 2.45) is 0 Å². The van der Waals surface area contributed by atoms with E-state index in [-0.39, 0.29) is 11.8 Å². The number of morpholine rings is 1. The van der Waals surface area contributed by atoms with Crippen molar-refractivity contribution in [2.45, 2.75) is 0 Å². The van der Waals surface area contributed by atoms with Crippen molar-refractivity contribution in [3.8, 4) is 16.9 Å². The highest BCUT2D eigenvalue weighted by molar-refractivity contribution is 6.30. The monoisotopic (exact) mass is 493 g/mol. The Morgan fingerprint density at radius 2 is 1.54 bits per heavy atom. The average molecular weight is 494 g/mol. The Hall–Kier alpha value is -3.20. The number of carbonyl (C=O) groups is 2. The minimum atomic E-state index is -0.0688. The molecule has 0 saturated carbocycles. The Morgan fingerprint density at radius 1 is 0.857 bits per heavy atom. The van der Waals surface area contributed by atoms with Gasteiger partial charge in [-0.15, -0.1) is 0 Å². The first kappa shape index (κ1) is 23.5. The Bertz CT molecular complexity index is 1170. The molecule has 0 atom stereocenters. The third-order valence-electron chi connectivity index (χ3n) is 6.45. The number of nitrogens with zero attached hydrogens (tertiary/aromatic N) is 5. The first-order valence-corrected chi connectivity index (χ1v) is 12.2. The zero-order valence-corrected chi connectivity index (χ0v) is 20.2. The van der Waals surface area contributed by atoms with Crippen LogP contribution in [0.15, 0.2) is 60.7 Å². The topological polar surface area (TPSA) is 70.9 Å². The van der Waals surface area contributed by atoms with Crippen molar-refractivity contribution in [3.05, 3.63) is 71.4 Å². The Morgan fingerprint density at radius 3 is 2.23 bits per heavy atom. The summed E-state index contributed by atoms with van der Waals surface area (Å²) in [5, 5.41) is 5.41. The van der Waals surface area contributed by atoms with E-state index in [4.69, 9.17) is 21.4 Å². The van der Waals surface area contributed by atoms with Crippen LogP contribution >= 0.6 is 11.6 Å². The molecule has 182 valence electrons. The predicted molar refractivity (Wildman–Crippen MR) is 134 cm³/mol. The molecule has 0 unspecified atom stereocenters. The van der Waals surface area contributed by atoms with Crippen LogP contribution in [0.3, 0.4) is 0 Å². The number of rotatable bonds is 5. The average Bonchev–Trinajstić information content (AvgIpc) is 3.36. The fourth-order valence-electron chi connectivity index (χ4n) is 4.44. The fourth-order valence-corrected chi connectivity index (χ4v) is 4.56. The van der Waals surface area contributed by atoms with E-state index in [2.05, 4.69) is 4.90 Å². The Kier molecular flexibility index (Phi) is 7.13. The van der Waals surface area contributed by atoms with Gasteiger partial charge in [0.2, 0.25) is 5.91 Å². The second-order valence-corrected chi connectivity index (χ2v) is 9.17. The highest BCUT2D eigenvalue weighted by Gasteiger charge is 2.28. The molecule has 9 heteroatoms. The molecule has 2 fully saturated rings. The lowest BCUT2D eigenvalue weighted by molar-refractivity contribution is -0.136. The van der Waals surface area contributed by atoms with E-state index in [9.17, 15) is 9.59 Å². The van der Waals surface area contributed by atoms with Gasteiger partial charge in [-0.25, -0.2) is 4.68 Å². The van der Waals surface area contributed by atoms with E-state index in [0.717, 1.165) is 11.3 Å². The van der Waals surface area contributed by atoms with Gasteiger partial charge in [0.25, 0.3) is 5.91 Å². The molecule has 1 aromatic heterocycles. The number of amides is 2. The van der Waals surface area contributed by atoms with E-state index in [1.54, 1.807) is 4.68 Å². The van der Waals surface area contributed by atoms with Crippen LogP contribution in [-0.4, -0.2) is 95.3 Å². The zero-order chi connectivity index (χ0) is 24.2. The lowest BCUT2D eigenvalue weighted by Gasteiger charge is -2.36. The molecule has 2 aliphatic heterocycles. The summed E-state index contributed by atoms with van der Waals surface area (Å²) in [4.78, 5) is 32.0.